The van der Waals surface area contributed by atoms with Crippen LogP contribution in [0.2, 0.25) is 0 Å². The van der Waals surface area contributed by atoms with Gasteiger partial charge >= 0.3 is 0 Å². The Bertz CT molecular complexity index is 109. The fourth-order valence-electron chi connectivity index (χ4n) is 1.31. The van der Waals surface area contributed by atoms with Gasteiger partial charge in [0.15, 0.2) is 0 Å². The van der Waals surface area contributed by atoms with Gasteiger partial charge in [-0.3, -0.25) is 5.32 Å². The number of hydrogen-bond acceptors (Lipinski definition) is 3. The Hall–Kier alpha value is 0.270. The van der Waals surface area contributed by atoms with Gasteiger partial charge in [-0.1, -0.05) is 13.8 Å². The minimum Gasteiger partial charge on any atom is -0.313 e. The van der Waals surface area contributed by atoms with E-state index in [4.69, 9.17) is 0 Å². The first-order valence-electron chi connectivity index (χ1n) is 4.82. The molecule has 0 aromatic heterocycles. The van der Waals surface area contributed by atoms with Crippen LogP contribution in [0.5, 0.6) is 0 Å². The minimum atomic E-state index is 0.674. The van der Waals surface area contributed by atoms with E-state index in [1.807, 2.05) is 11.8 Å². The highest BCUT2D eigenvalue weighted by Gasteiger charge is 2.16. The summed E-state index contributed by atoms with van der Waals surface area (Å²) >= 11 is 1.97. The summed E-state index contributed by atoms with van der Waals surface area (Å²) in [6.45, 7) is 6.67. The lowest BCUT2D eigenvalue weighted by Crippen LogP contribution is -2.40. The molecule has 1 radical (unpaired) electrons. The Morgan fingerprint density at radius 1 is 1.50 bits per heavy atom. The fraction of sp³-hybridized carbons (Fsp3) is 0.889. The van der Waals surface area contributed by atoms with Gasteiger partial charge in [-0.05, 0) is 12.8 Å². The first kappa shape index (κ1) is 10.4. The highest BCUT2D eigenvalue weighted by atomic mass is 32.2. The molecule has 71 valence electrons. The molecule has 3 heteroatoms. The van der Waals surface area contributed by atoms with Crippen molar-refractivity contribution in [1.82, 2.24) is 10.6 Å². The largest absolute Gasteiger partial charge is 0.313 e. The van der Waals surface area contributed by atoms with Gasteiger partial charge in [0.05, 0.1) is 0 Å². The molecule has 0 saturated carbocycles. The van der Waals surface area contributed by atoms with Crippen LogP contribution < -0.4 is 10.6 Å². The Morgan fingerprint density at radius 2 is 2.25 bits per heavy atom. The first-order valence-corrected chi connectivity index (χ1v) is 5.81. The molecule has 0 amide bonds. The molecule has 0 aliphatic carbocycles. The quantitative estimate of drug-likeness (QED) is 0.699. The van der Waals surface area contributed by atoms with Crippen LogP contribution in [0.4, 0.5) is 0 Å². The second-order valence-electron chi connectivity index (χ2n) is 3.11. The van der Waals surface area contributed by atoms with E-state index in [1.54, 1.807) is 0 Å². The molecule has 1 saturated heterocycles. The number of rotatable bonds is 4. The van der Waals surface area contributed by atoms with E-state index in [0.29, 0.717) is 6.04 Å². The van der Waals surface area contributed by atoms with Gasteiger partial charge < -0.3 is 5.32 Å². The van der Waals surface area contributed by atoms with Crippen LogP contribution in [0.15, 0.2) is 0 Å². The average Bonchev–Trinajstić information content (AvgIpc) is 2.16. The molecule has 2 N–H and O–H groups in total. The van der Waals surface area contributed by atoms with Crippen molar-refractivity contribution in [1.29, 1.82) is 0 Å². The second-order valence-corrected chi connectivity index (χ2v) is 4.30. The summed E-state index contributed by atoms with van der Waals surface area (Å²) in [7, 11) is 0. The van der Waals surface area contributed by atoms with Crippen molar-refractivity contribution in [2.75, 3.05) is 18.8 Å². The first-order chi connectivity index (χ1) is 5.86. The van der Waals surface area contributed by atoms with Crippen LogP contribution in [0.1, 0.15) is 26.7 Å². The Kier molecular flexibility index (Phi) is 5.04. The van der Waals surface area contributed by atoms with E-state index < -0.39 is 0 Å². The third kappa shape index (κ3) is 3.33. The van der Waals surface area contributed by atoms with E-state index in [0.717, 1.165) is 13.1 Å². The zero-order chi connectivity index (χ0) is 8.81. The van der Waals surface area contributed by atoms with Crippen molar-refractivity contribution >= 4 is 11.8 Å². The summed E-state index contributed by atoms with van der Waals surface area (Å²) in [4.78, 5) is 0. The summed E-state index contributed by atoms with van der Waals surface area (Å²) in [5, 5.41) is 8.37. The van der Waals surface area contributed by atoms with Crippen molar-refractivity contribution < 1.29 is 0 Å². The zero-order valence-corrected chi connectivity index (χ0v) is 8.84. The van der Waals surface area contributed by atoms with Crippen LogP contribution in [0.3, 0.4) is 0 Å². The minimum absolute atomic E-state index is 0.674. The second kappa shape index (κ2) is 5.84. The SMILES string of the molecule is CCC(CC)N[C]1CNCCS1. The monoisotopic (exact) mass is 187 g/mol. The maximum Gasteiger partial charge on any atom is 0.106 e. The zero-order valence-electron chi connectivity index (χ0n) is 8.02. The maximum absolute atomic E-state index is 3.57. The van der Waals surface area contributed by atoms with Gasteiger partial charge in [-0.15, -0.1) is 11.8 Å². The lowest BCUT2D eigenvalue weighted by Gasteiger charge is -2.26. The van der Waals surface area contributed by atoms with E-state index in [9.17, 15) is 0 Å². The number of nitrogens with one attached hydrogen (secondary N) is 2. The molecule has 0 aromatic rings. The average molecular weight is 187 g/mol. The van der Waals surface area contributed by atoms with Gasteiger partial charge in [-0.2, -0.15) is 0 Å². The Balaban J connectivity index is 2.18. The van der Waals surface area contributed by atoms with Crippen molar-refractivity contribution in [3.8, 4) is 0 Å². The highest BCUT2D eigenvalue weighted by Crippen LogP contribution is 2.19. The molecule has 1 aliphatic heterocycles. The molecular weight excluding hydrogens is 168 g/mol. The van der Waals surface area contributed by atoms with Gasteiger partial charge in [0.2, 0.25) is 0 Å². The summed E-state index contributed by atoms with van der Waals surface area (Å²) < 4.78 is 0. The summed E-state index contributed by atoms with van der Waals surface area (Å²) in [5.74, 6) is 1.21. The molecular formula is C9H19N2S. The predicted octanol–water partition coefficient (Wildman–Crippen LogP) is 1.59. The Morgan fingerprint density at radius 3 is 2.75 bits per heavy atom. The number of thioether (sulfide) groups is 1. The third-order valence-corrected chi connectivity index (χ3v) is 3.21. The molecule has 12 heavy (non-hydrogen) atoms. The van der Waals surface area contributed by atoms with Gasteiger partial charge in [0.1, 0.15) is 5.37 Å². The Labute approximate surface area is 79.9 Å². The van der Waals surface area contributed by atoms with Crippen LogP contribution in [-0.4, -0.2) is 24.9 Å². The molecule has 1 aliphatic rings. The number of hydrogen-bond donors (Lipinski definition) is 2. The lowest BCUT2D eigenvalue weighted by molar-refractivity contribution is 0.503. The van der Waals surface area contributed by atoms with E-state index >= 15 is 0 Å². The van der Waals surface area contributed by atoms with Gasteiger partial charge in [0, 0.05) is 24.9 Å². The summed E-state index contributed by atoms with van der Waals surface area (Å²) in [6, 6.07) is 0.674. The van der Waals surface area contributed by atoms with E-state index in [2.05, 4.69) is 24.5 Å². The molecule has 1 heterocycles. The lowest BCUT2D eigenvalue weighted by atomic mass is 10.2. The highest BCUT2D eigenvalue weighted by molar-refractivity contribution is 8.02. The maximum atomic E-state index is 3.57. The van der Waals surface area contributed by atoms with E-state index in [-0.39, 0.29) is 0 Å². The van der Waals surface area contributed by atoms with E-state index in [1.165, 1.54) is 24.0 Å². The fourth-order valence-corrected chi connectivity index (χ4v) is 2.26. The van der Waals surface area contributed by atoms with Crippen molar-refractivity contribution in [3.63, 3.8) is 0 Å². The predicted molar refractivity (Wildman–Crippen MR) is 56.1 cm³/mol. The molecule has 0 unspecified atom stereocenters. The normalized spacial score (nSPS) is 20.2. The smallest absolute Gasteiger partial charge is 0.106 e. The molecule has 0 aromatic carbocycles. The third-order valence-electron chi connectivity index (χ3n) is 2.19. The summed E-state index contributed by atoms with van der Waals surface area (Å²) in [6.07, 6.45) is 2.45. The van der Waals surface area contributed by atoms with Crippen molar-refractivity contribution in [3.05, 3.63) is 5.37 Å². The molecule has 2 nitrogen and oxygen atoms in total. The van der Waals surface area contributed by atoms with Gasteiger partial charge in [-0.25, -0.2) is 0 Å². The van der Waals surface area contributed by atoms with Crippen molar-refractivity contribution in [2.24, 2.45) is 0 Å². The van der Waals surface area contributed by atoms with Gasteiger partial charge in [0.25, 0.3) is 0 Å². The molecule has 0 atom stereocenters. The standard InChI is InChI=1S/C9H19N2S/c1-3-8(4-2)11-9-7-10-5-6-12-9/h8,10-11H,3-7H2,1-2H3. The topological polar surface area (TPSA) is 24.1 Å². The molecule has 1 fully saturated rings. The van der Waals surface area contributed by atoms with Crippen LogP contribution in [0, 0.1) is 5.37 Å². The van der Waals surface area contributed by atoms with Crippen LogP contribution in [-0.2, 0) is 0 Å². The summed E-state index contributed by atoms with van der Waals surface area (Å²) in [5.41, 5.74) is 0. The van der Waals surface area contributed by atoms with Crippen LogP contribution in [0.25, 0.3) is 0 Å². The molecule has 1 rings (SSSR count). The molecule has 0 spiro atoms. The van der Waals surface area contributed by atoms with Crippen molar-refractivity contribution in [2.45, 2.75) is 32.7 Å². The molecule has 0 bridgehead atoms. The van der Waals surface area contributed by atoms with Crippen LogP contribution >= 0.6 is 11.8 Å².